The molecule has 1 aromatic rings. The van der Waals surface area contributed by atoms with Crippen molar-refractivity contribution in [3.05, 3.63) is 24.0 Å². The van der Waals surface area contributed by atoms with E-state index in [2.05, 4.69) is 25.8 Å². The largest absolute Gasteiger partial charge is 0.490 e. The van der Waals surface area contributed by atoms with Crippen molar-refractivity contribution < 1.29 is 4.74 Å². The lowest BCUT2D eigenvalue weighted by Crippen LogP contribution is -2.36. The summed E-state index contributed by atoms with van der Waals surface area (Å²) in [7, 11) is 0. The van der Waals surface area contributed by atoms with Gasteiger partial charge in [0.15, 0.2) is 0 Å². The van der Waals surface area contributed by atoms with Gasteiger partial charge in [0, 0.05) is 12.3 Å². The molecule has 1 aliphatic rings. The third-order valence-electron chi connectivity index (χ3n) is 4.17. The van der Waals surface area contributed by atoms with Crippen molar-refractivity contribution in [3.63, 3.8) is 0 Å². The molecule has 0 amide bonds. The van der Waals surface area contributed by atoms with Crippen molar-refractivity contribution >= 4 is 11.6 Å². The van der Waals surface area contributed by atoms with Crippen LogP contribution in [0.1, 0.15) is 45.7 Å². The molecule has 1 fully saturated rings. The van der Waals surface area contributed by atoms with E-state index in [4.69, 9.17) is 16.3 Å². The molecule has 1 heterocycles. The number of alkyl halides is 1. The van der Waals surface area contributed by atoms with Crippen molar-refractivity contribution in [1.29, 1.82) is 0 Å². The van der Waals surface area contributed by atoms with Crippen LogP contribution in [0.15, 0.2) is 18.3 Å². The number of rotatable bonds is 4. The van der Waals surface area contributed by atoms with E-state index in [1.165, 1.54) is 12.8 Å². The molecule has 0 bridgehead atoms. The van der Waals surface area contributed by atoms with Gasteiger partial charge >= 0.3 is 0 Å². The molecule has 2 rings (SSSR count). The molecular formula is C16H24ClNO. The fourth-order valence-corrected chi connectivity index (χ4v) is 3.17. The Bertz CT molecular complexity index is 407. The van der Waals surface area contributed by atoms with E-state index in [-0.39, 0.29) is 0 Å². The highest BCUT2D eigenvalue weighted by Crippen LogP contribution is 2.36. The lowest BCUT2D eigenvalue weighted by atomic mass is 9.75. The first-order chi connectivity index (χ1) is 9.10. The molecule has 2 nitrogen and oxygen atoms in total. The van der Waals surface area contributed by atoms with Crippen LogP contribution < -0.4 is 4.74 Å². The predicted molar refractivity (Wildman–Crippen MR) is 79.6 cm³/mol. The van der Waals surface area contributed by atoms with E-state index in [1.54, 1.807) is 6.20 Å². The van der Waals surface area contributed by atoms with E-state index >= 15 is 0 Å². The Labute approximate surface area is 121 Å². The van der Waals surface area contributed by atoms with Crippen LogP contribution in [0.5, 0.6) is 5.75 Å². The third kappa shape index (κ3) is 3.85. The third-order valence-corrected chi connectivity index (χ3v) is 4.45. The van der Waals surface area contributed by atoms with E-state index in [0.29, 0.717) is 23.8 Å². The molecule has 0 aromatic carbocycles. The molecule has 3 unspecified atom stereocenters. The van der Waals surface area contributed by atoms with Crippen molar-refractivity contribution in [2.45, 2.75) is 52.0 Å². The zero-order valence-corrected chi connectivity index (χ0v) is 12.9. The molecule has 1 aromatic heterocycles. The van der Waals surface area contributed by atoms with Gasteiger partial charge in [0.2, 0.25) is 0 Å². The molecule has 0 radical (unpaired) electrons. The molecule has 1 saturated carbocycles. The number of pyridine rings is 1. The fraction of sp³-hybridized carbons (Fsp3) is 0.688. The Kier molecular flexibility index (Phi) is 5.09. The molecule has 0 aliphatic heterocycles. The summed E-state index contributed by atoms with van der Waals surface area (Å²) in [6, 6.07) is 3.90. The van der Waals surface area contributed by atoms with Gasteiger partial charge < -0.3 is 4.74 Å². The van der Waals surface area contributed by atoms with E-state index in [0.717, 1.165) is 23.8 Å². The molecule has 3 heteroatoms. The first kappa shape index (κ1) is 14.6. The molecule has 0 saturated heterocycles. The van der Waals surface area contributed by atoms with E-state index < -0.39 is 0 Å². The van der Waals surface area contributed by atoms with Gasteiger partial charge in [0.1, 0.15) is 11.9 Å². The second-order valence-electron chi connectivity index (χ2n) is 6.10. The Morgan fingerprint density at radius 3 is 2.89 bits per heavy atom. The van der Waals surface area contributed by atoms with Crippen LogP contribution in [0.4, 0.5) is 0 Å². The average Bonchev–Trinajstić information content (AvgIpc) is 2.38. The van der Waals surface area contributed by atoms with Crippen LogP contribution in [-0.2, 0) is 5.88 Å². The number of nitrogens with zero attached hydrogens (tertiary/aromatic N) is 1. The van der Waals surface area contributed by atoms with Crippen LogP contribution in [-0.4, -0.2) is 11.1 Å². The molecule has 106 valence electrons. The van der Waals surface area contributed by atoms with E-state index in [9.17, 15) is 0 Å². The van der Waals surface area contributed by atoms with Crippen molar-refractivity contribution in [3.8, 4) is 5.75 Å². The van der Waals surface area contributed by atoms with Gasteiger partial charge in [0.25, 0.3) is 0 Å². The summed E-state index contributed by atoms with van der Waals surface area (Å²) in [6.07, 6.45) is 5.86. The van der Waals surface area contributed by atoms with Gasteiger partial charge in [-0.2, -0.15) is 0 Å². The summed E-state index contributed by atoms with van der Waals surface area (Å²) in [5.41, 5.74) is 0.879. The van der Waals surface area contributed by atoms with Crippen LogP contribution >= 0.6 is 11.6 Å². The molecule has 0 N–H and O–H groups in total. The van der Waals surface area contributed by atoms with Crippen LogP contribution in [0, 0.1) is 17.8 Å². The maximum atomic E-state index is 6.24. The number of aromatic nitrogens is 1. The topological polar surface area (TPSA) is 22.1 Å². The number of halogens is 1. The Morgan fingerprint density at radius 2 is 2.21 bits per heavy atom. The summed E-state index contributed by atoms with van der Waals surface area (Å²) >= 11 is 5.83. The lowest BCUT2D eigenvalue weighted by Gasteiger charge is -2.37. The maximum Gasteiger partial charge on any atom is 0.123 e. The second-order valence-corrected chi connectivity index (χ2v) is 6.37. The van der Waals surface area contributed by atoms with Crippen molar-refractivity contribution in [1.82, 2.24) is 4.98 Å². The summed E-state index contributed by atoms with van der Waals surface area (Å²) in [4.78, 5) is 4.21. The van der Waals surface area contributed by atoms with Crippen molar-refractivity contribution in [2.75, 3.05) is 0 Å². The second kappa shape index (κ2) is 6.60. The Morgan fingerprint density at radius 1 is 1.42 bits per heavy atom. The first-order valence-corrected chi connectivity index (χ1v) is 7.81. The van der Waals surface area contributed by atoms with Gasteiger partial charge in [-0.3, -0.25) is 4.98 Å². The fourth-order valence-electron chi connectivity index (χ4n) is 3.03. The highest BCUT2D eigenvalue weighted by molar-refractivity contribution is 6.16. The number of hydrogen-bond donors (Lipinski definition) is 0. The Balaban J connectivity index is 2.09. The van der Waals surface area contributed by atoms with Crippen LogP contribution in [0.2, 0.25) is 0 Å². The van der Waals surface area contributed by atoms with Crippen molar-refractivity contribution in [2.24, 2.45) is 17.8 Å². The summed E-state index contributed by atoms with van der Waals surface area (Å²) in [5, 5.41) is 0. The number of ether oxygens (including phenoxy) is 1. The smallest absolute Gasteiger partial charge is 0.123 e. The highest BCUT2D eigenvalue weighted by Gasteiger charge is 2.32. The lowest BCUT2D eigenvalue weighted by molar-refractivity contribution is 0.0459. The normalized spacial score (nSPS) is 27.5. The molecule has 0 spiro atoms. The summed E-state index contributed by atoms with van der Waals surface area (Å²) < 4.78 is 6.24. The van der Waals surface area contributed by atoms with Crippen LogP contribution in [0.25, 0.3) is 0 Å². The average molecular weight is 282 g/mol. The van der Waals surface area contributed by atoms with Gasteiger partial charge in [-0.05, 0) is 36.7 Å². The monoisotopic (exact) mass is 281 g/mol. The molecule has 3 atom stereocenters. The zero-order chi connectivity index (χ0) is 13.8. The van der Waals surface area contributed by atoms with Gasteiger partial charge in [-0.15, -0.1) is 11.6 Å². The SMILES string of the molecule is CC1CCC(C(C)C)C(Oc2ccnc(CCl)c2)C1. The standard InChI is InChI=1S/C16H24ClNO/c1-11(2)15-5-4-12(3)8-16(15)19-14-6-7-18-13(9-14)10-17/h6-7,9,11-12,15-16H,4-5,8,10H2,1-3H3. The first-order valence-electron chi connectivity index (χ1n) is 7.27. The zero-order valence-electron chi connectivity index (χ0n) is 12.1. The van der Waals surface area contributed by atoms with Crippen LogP contribution in [0.3, 0.4) is 0 Å². The Hall–Kier alpha value is -0.760. The highest BCUT2D eigenvalue weighted by atomic mass is 35.5. The van der Waals surface area contributed by atoms with Gasteiger partial charge in [0.05, 0.1) is 11.6 Å². The number of hydrogen-bond acceptors (Lipinski definition) is 2. The van der Waals surface area contributed by atoms with Gasteiger partial charge in [-0.1, -0.05) is 27.2 Å². The minimum atomic E-state index is 0.328. The summed E-state index contributed by atoms with van der Waals surface area (Å²) in [5.74, 6) is 3.44. The minimum Gasteiger partial charge on any atom is -0.490 e. The van der Waals surface area contributed by atoms with E-state index in [1.807, 2.05) is 12.1 Å². The maximum absolute atomic E-state index is 6.24. The predicted octanol–water partition coefficient (Wildman–Crippen LogP) is 4.66. The molecule has 19 heavy (non-hydrogen) atoms. The quantitative estimate of drug-likeness (QED) is 0.749. The van der Waals surface area contributed by atoms with Gasteiger partial charge in [-0.25, -0.2) is 0 Å². The summed E-state index contributed by atoms with van der Waals surface area (Å²) in [6.45, 7) is 6.92. The molecular weight excluding hydrogens is 258 g/mol. The molecule has 1 aliphatic carbocycles. The minimum absolute atomic E-state index is 0.328.